The number of benzene rings is 1. The smallest absolute Gasteiger partial charge is 0.286 e. The third kappa shape index (κ3) is 3.18. The second-order valence-electron chi connectivity index (χ2n) is 6.66. The summed E-state index contributed by atoms with van der Waals surface area (Å²) in [5.41, 5.74) is 8.88. The predicted molar refractivity (Wildman–Crippen MR) is 104 cm³/mol. The van der Waals surface area contributed by atoms with E-state index < -0.39 is 5.91 Å². The first-order chi connectivity index (χ1) is 13.5. The van der Waals surface area contributed by atoms with Gasteiger partial charge in [-0.1, -0.05) is 32.0 Å². The molecule has 0 atom stereocenters. The van der Waals surface area contributed by atoms with Gasteiger partial charge in [-0.25, -0.2) is 9.67 Å². The Morgan fingerprint density at radius 2 is 2.00 bits per heavy atom. The van der Waals surface area contributed by atoms with Gasteiger partial charge in [-0.2, -0.15) is 19.7 Å². The van der Waals surface area contributed by atoms with Crippen molar-refractivity contribution in [1.29, 1.82) is 0 Å². The van der Waals surface area contributed by atoms with Gasteiger partial charge in [0.1, 0.15) is 0 Å². The van der Waals surface area contributed by atoms with E-state index in [9.17, 15) is 4.79 Å². The molecule has 3 N–H and O–H groups in total. The van der Waals surface area contributed by atoms with Crippen molar-refractivity contribution >= 4 is 17.5 Å². The van der Waals surface area contributed by atoms with E-state index >= 15 is 0 Å². The number of carbonyl (C=O) groups is 1. The zero-order valence-electron chi connectivity index (χ0n) is 15.6. The summed E-state index contributed by atoms with van der Waals surface area (Å²) in [5.74, 6) is -0.126. The van der Waals surface area contributed by atoms with Crippen LogP contribution >= 0.6 is 0 Å². The van der Waals surface area contributed by atoms with Crippen molar-refractivity contribution in [3.8, 4) is 5.69 Å². The Hall–Kier alpha value is -3.75. The summed E-state index contributed by atoms with van der Waals surface area (Å²) in [6.07, 6.45) is 5.35. The third-order valence-electron chi connectivity index (χ3n) is 4.42. The molecule has 0 unspecified atom stereocenters. The molecule has 142 valence electrons. The molecule has 4 rings (SSSR count). The number of amides is 1. The molecule has 0 aliphatic rings. The van der Waals surface area contributed by atoms with Gasteiger partial charge >= 0.3 is 0 Å². The number of fused-ring (bicyclic) bond motifs is 1. The molecule has 0 radical (unpaired) electrons. The van der Waals surface area contributed by atoms with Crippen molar-refractivity contribution in [3.63, 3.8) is 0 Å². The van der Waals surface area contributed by atoms with Crippen LogP contribution in [0.1, 0.15) is 41.5 Å². The predicted octanol–water partition coefficient (Wildman–Crippen LogP) is 2.14. The van der Waals surface area contributed by atoms with Crippen molar-refractivity contribution in [2.24, 2.45) is 5.73 Å². The lowest BCUT2D eigenvalue weighted by molar-refractivity contribution is 0.0990. The largest absolute Gasteiger partial charge is 0.363 e. The summed E-state index contributed by atoms with van der Waals surface area (Å²) >= 11 is 0. The summed E-state index contributed by atoms with van der Waals surface area (Å²) in [5, 5.41) is 11.9. The van der Waals surface area contributed by atoms with E-state index in [2.05, 4.69) is 25.5 Å². The first-order valence-corrected chi connectivity index (χ1v) is 8.92. The highest BCUT2D eigenvalue weighted by Gasteiger charge is 2.17. The van der Waals surface area contributed by atoms with E-state index in [1.165, 1.54) is 0 Å². The van der Waals surface area contributed by atoms with Crippen LogP contribution in [0.2, 0.25) is 0 Å². The Kier molecular flexibility index (Phi) is 4.48. The van der Waals surface area contributed by atoms with Crippen LogP contribution in [-0.4, -0.2) is 35.3 Å². The fourth-order valence-electron chi connectivity index (χ4n) is 3.00. The van der Waals surface area contributed by atoms with E-state index in [1.807, 2.05) is 50.4 Å². The average molecular weight is 376 g/mol. The number of para-hydroxylation sites is 1. The zero-order valence-corrected chi connectivity index (χ0v) is 15.6. The van der Waals surface area contributed by atoms with E-state index in [0.29, 0.717) is 18.1 Å². The standard InChI is InChI=1S/C19H20N8O/c1-12(2)14-11-23-27-18(14)24-17(16(20)28)25-19(27)21-10-13-6-3-4-7-15(13)26-9-5-8-22-26/h3-9,11-12H,10H2,1-2H3,(H2,20,28)(H,21,24,25). The average Bonchev–Trinajstić information content (AvgIpc) is 3.36. The van der Waals surface area contributed by atoms with Crippen molar-refractivity contribution in [1.82, 2.24) is 29.4 Å². The molecular weight excluding hydrogens is 356 g/mol. The molecule has 1 aromatic carbocycles. The summed E-state index contributed by atoms with van der Waals surface area (Å²) in [4.78, 5) is 20.3. The van der Waals surface area contributed by atoms with Gasteiger partial charge in [-0.05, 0) is 23.6 Å². The minimum absolute atomic E-state index is 0.0437. The van der Waals surface area contributed by atoms with Crippen LogP contribution in [0.25, 0.3) is 11.3 Å². The maximum Gasteiger partial charge on any atom is 0.286 e. The van der Waals surface area contributed by atoms with Gasteiger partial charge in [0.15, 0.2) is 5.65 Å². The molecule has 9 nitrogen and oxygen atoms in total. The van der Waals surface area contributed by atoms with Crippen LogP contribution < -0.4 is 11.1 Å². The van der Waals surface area contributed by atoms with E-state index in [0.717, 1.165) is 16.8 Å². The normalized spacial score (nSPS) is 11.2. The Morgan fingerprint density at radius 1 is 1.18 bits per heavy atom. The summed E-state index contributed by atoms with van der Waals surface area (Å²) in [7, 11) is 0. The highest BCUT2D eigenvalue weighted by atomic mass is 16.1. The first-order valence-electron chi connectivity index (χ1n) is 8.92. The summed E-state index contributed by atoms with van der Waals surface area (Å²) in [6, 6.07) is 9.77. The molecule has 3 heterocycles. The Labute approximate surface area is 161 Å². The van der Waals surface area contributed by atoms with Gasteiger partial charge in [-0.3, -0.25) is 4.79 Å². The topological polar surface area (TPSA) is 116 Å². The number of anilines is 1. The molecule has 0 aliphatic carbocycles. The zero-order chi connectivity index (χ0) is 19.7. The van der Waals surface area contributed by atoms with Gasteiger partial charge in [0.25, 0.3) is 5.91 Å². The van der Waals surface area contributed by atoms with Crippen molar-refractivity contribution < 1.29 is 4.79 Å². The van der Waals surface area contributed by atoms with Crippen LogP contribution in [0.3, 0.4) is 0 Å². The number of aromatic nitrogens is 6. The Morgan fingerprint density at radius 3 is 2.71 bits per heavy atom. The quantitative estimate of drug-likeness (QED) is 0.533. The molecule has 3 aromatic heterocycles. The lowest BCUT2D eigenvalue weighted by Gasteiger charge is -2.12. The molecular formula is C19H20N8O. The number of hydrogen-bond acceptors (Lipinski definition) is 6. The van der Waals surface area contributed by atoms with Crippen molar-refractivity contribution in [2.75, 3.05) is 5.32 Å². The van der Waals surface area contributed by atoms with Crippen molar-refractivity contribution in [3.05, 3.63) is 65.9 Å². The summed E-state index contributed by atoms with van der Waals surface area (Å²) < 4.78 is 3.39. The number of nitrogens with zero attached hydrogens (tertiary/aromatic N) is 6. The van der Waals surface area contributed by atoms with Crippen LogP contribution in [0.15, 0.2) is 48.9 Å². The monoisotopic (exact) mass is 376 g/mol. The lowest BCUT2D eigenvalue weighted by Crippen LogP contribution is -2.19. The van der Waals surface area contributed by atoms with Gasteiger partial charge in [0.05, 0.1) is 11.9 Å². The van der Waals surface area contributed by atoms with Crippen LogP contribution in [-0.2, 0) is 6.54 Å². The number of primary amides is 1. The second kappa shape index (κ2) is 7.10. The Balaban J connectivity index is 1.72. The number of hydrogen-bond donors (Lipinski definition) is 2. The molecule has 0 spiro atoms. The van der Waals surface area contributed by atoms with E-state index in [4.69, 9.17) is 5.73 Å². The molecule has 0 fully saturated rings. The number of nitrogens with two attached hydrogens (primary N) is 1. The molecule has 28 heavy (non-hydrogen) atoms. The molecule has 1 amide bonds. The van der Waals surface area contributed by atoms with Gasteiger partial charge in [0, 0.05) is 24.5 Å². The Bertz CT molecular complexity index is 1130. The molecule has 0 saturated carbocycles. The van der Waals surface area contributed by atoms with E-state index in [1.54, 1.807) is 21.6 Å². The van der Waals surface area contributed by atoms with E-state index in [-0.39, 0.29) is 11.7 Å². The maximum atomic E-state index is 11.7. The second-order valence-corrected chi connectivity index (χ2v) is 6.66. The maximum absolute atomic E-state index is 11.7. The minimum atomic E-state index is -0.682. The molecule has 0 aliphatic heterocycles. The highest BCUT2D eigenvalue weighted by Crippen LogP contribution is 2.21. The molecule has 0 bridgehead atoms. The molecule has 9 heteroatoms. The third-order valence-corrected chi connectivity index (χ3v) is 4.42. The minimum Gasteiger partial charge on any atom is -0.363 e. The van der Waals surface area contributed by atoms with Gasteiger partial charge < -0.3 is 11.1 Å². The number of rotatable bonds is 6. The van der Waals surface area contributed by atoms with Gasteiger partial charge in [0.2, 0.25) is 11.8 Å². The van der Waals surface area contributed by atoms with Crippen LogP contribution in [0, 0.1) is 0 Å². The number of carbonyl (C=O) groups excluding carboxylic acids is 1. The summed E-state index contributed by atoms with van der Waals surface area (Å²) in [6.45, 7) is 4.53. The van der Waals surface area contributed by atoms with Gasteiger partial charge in [-0.15, -0.1) is 0 Å². The highest BCUT2D eigenvalue weighted by molar-refractivity contribution is 5.89. The van der Waals surface area contributed by atoms with Crippen LogP contribution in [0.4, 0.5) is 5.95 Å². The first kappa shape index (κ1) is 17.7. The SMILES string of the molecule is CC(C)c1cnn2c(NCc3ccccc3-n3cccn3)nc(C(N)=O)nc12. The fourth-order valence-corrected chi connectivity index (χ4v) is 3.00. The van der Waals surface area contributed by atoms with Crippen LogP contribution in [0.5, 0.6) is 0 Å². The van der Waals surface area contributed by atoms with Crippen molar-refractivity contribution in [2.45, 2.75) is 26.3 Å². The number of nitrogens with one attached hydrogen (secondary N) is 1. The molecule has 0 saturated heterocycles. The molecule has 4 aromatic rings. The lowest BCUT2D eigenvalue weighted by atomic mass is 10.1. The fraction of sp³-hybridized carbons (Fsp3) is 0.211.